The van der Waals surface area contributed by atoms with Crippen molar-refractivity contribution < 1.29 is 70.9 Å². The monoisotopic (exact) mass is 762 g/mol. The number of esters is 1. The van der Waals surface area contributed by atoms with Gasteiger partial charge in [-0.1, -0.05) is 22.2 Å². The highest BCUT2D eigenvalue weighted by Crippen LogP contribution is 2.43. The number of nitrogens with zero attached hydrogens (tertiary/aromatic N) is 6. The molecule has 0 amide bonds. The van der Waals surface area contributed by atoms with E-state index >= 15 is 0 Å². The van der Waals surface area contributed by atoms with Crippen molar-refractivity contribution >= 4 is 17.7 Å². The van der Waals surface area contributed by atoms with Gasteiger partial charge in [0, 0.05) is 18.1 Å². The molecule has 22 heteroatoms. The Morgan fingerprint density at radius 1 is 0.731 bits per heavy atom. The van der Waals surface area contributed by atoms with Gasteiger partial charge in [0.2, 0.25) is 0 Å². The number of aliphatic hydroxyl groups excluding tert-OH is 5. The fourth-order valence-electron chi connectivity index (χ4n) is 5.93. The van der Waals surface area contributed by atoms with Crippen molar-refractivity contribution in [3.63, 3.8) is 0 Å². The van der Waals surface area contributed by atoms with Crippen molar-refractivity contribution in [1.82, 2.24) is 30.0 Å². The molecule has 0 saturated carbocycles. The Balaban J connectivity index is 1.31. The minimum atomic E-state index is -1.75. The molecule has 2 aliphatic rings. The fourth-order valence-corrected chi connectivity index (χ4v) is 7.30. The Kier molecular flexibility index (Phi) is 10.9. The van der Waals surface area contributed by atoms with Gasteiger partial charge in [0.1, 0.15) is 64.9 Å². The quantitative estimate of drug-likeness (QED) is 0.0917. The van der Waals surface area contributed by atoms with Gasteiger partial charge in [-0.3, -0.25) is 4.79 Å². The Labute approximate surface area is 292 Å². The summed E-state index contributed by atoms with van der Waals surface area (Å²) in [5.74, 6) is -10.4. The van der Waals surface area contributed by atoms with Crippen molar-refractivity contribution in [3.05, 3.63) is 71.6 Å². The largest absolute Gasteiger partial charge is 0.456 e. The van der Waals surface area contributed by atoms with E-state index in [-0.39, 0.29) is 22.5 Å². The lowest BCUT2D eigenvalue weighted by molar-refractivity contribution is -0.201. The van der Waals surface area contributed by atoms with Crippen LogP contribution in [0.15, 0.2) is 36.7 Å². The van der Waals surface area contributed by atoms with Gasteiger partial charge >= 0.3 is 5.97 Å². The van der Waals surface area contributed by atoms with E-state index in [1.165, 1.54) is 0 Å². The second-order valence-electron chi connectivity index (χ2n) is 11.8. The summed E-state index contributed by atoms with van der Waals surface area (Å²) in [7, 11) is 0. The van der Waals surface area contributed by atoms with Crippen LogP contribution in [0.1, 0.15) is 19.0 Å². The summed E-state index contributed by atoms with van der Waals surface area (Å²) < 4.78 is 102. The third-order valence-corrected chi connectivity index (χ3v) is 9.74. The predicted molar refractivity (Wildman–Crippen MR) is 161 cm³/mol. The highest BCUT2D eigenvalue weighted by Gasteiger charge is 2.53. The molecule has 0 aliphatic carbocycles. The van der Waals surface area contributed by atoms with Crippen LogP contribution in [0.2, 0.25) is 0 Å². The van der Waals surface area contributed by atoms with E-state index in [1.807, 2.05) is 0 Å². The van der Waals surface area contributed by atoms with Gasteiger partial charge in [0.15, 0.2) is 41.0 Å². The van der Waals surface area contributed by atoms with E-state index in [2.05, 4.69) is 20.6 Å². The van der Waals surface area contributed by atoms with Crippen LogP contribution in [0.4, 0.5) is 26.3 Å². The molecule has 4 heterocycles. The molecule has 52 heavy (non-hydrogen) atoms. The lowest BCUT2D eigenvalue weighted by atomic mass is 9.97. The standard InChI is InChI=1S/C30H28F6N6O9S/c1-10(45)49-28-24(42-7-18(38-40-42)12-4-15(33)22(36)16(34)5-12)26(47)20(9-44)51-30(28)52-29-27(48)23(25(46)19(8-43)50-29)41-6-17(37-39-41)11-2-13(31)21(35)14(32)3-11/h2-7,19-20,23-30,43-44,46-48H,8-9H2,1H3/t19?,20-,23?,24?,25+,26?,27?,28-,29+,30?/m1/s1. The second-order valence-corrected chi connectivity index (χ2v) is 13.0. The van der Waals surface area contributed by atoms with Crippen LogP contribution in [0.25, 0.3) is 22.5 Å². The van der Waals surface area contributed by atoms with E-state index in [0.717, 1.165) is 28.7 Å². The van der Waals surface area contributed by atoms with Crippen LogP contribution >= 0.6 is 11.8 Å². The van der Waals surface area contributed by atoms with Crippen LogP contribution < -0.4 is 0 Å². The molecule has 0 bridgehead atoms. The number of halogens is 6. The molecule has 4 aromatic rings. The number of carbonyl (C=O) groups is 1. The van der Waals surface area contributed by atoms with Crippen molar-refractivity contribution in [2.75, 3.05) is 13.2 Å². The second kappa shape index (κ2) is 15.1. The number of thioether (sulfide) groups is 1. The van der Waals surface area contributed by atoms with Crippen molar-refractivity contribution in [3.8, 4) is 22.5 Å². The molecule has 5 N–H and O–H groups in total. The molecule has 6 rings (SSSR count). The number of aliphatic hydroxyl groups is 5. The maximum Gasteiger partial charge on any atom is 0.303 e. The molecule has 2 aromatic carbocycles. The summed E-state index contributed by atoms with van der Waals surface area (Å²) in [5, 5.41) is 69.3. The zero-order valence-electron chi connectivity index (χ0n) is 26.4. The smallest absolute Gasteiger partial charge is 0.303 e. The summed E-state index contributed by atoms with van der Waals surface area (Å²) in [6, 6.07) is -0.251. The van der Waals surface area contributed by atoms with E-state index in [1.54, 1.807) is 0 Å². The average Bonchev–Trinajstić information content (AvgIpc) is 3.79. The van der Waals surface area contributed by atoms with Crippen LogP contribution in [0.3, 0.4) is 0 Å². The van der Waals surface area contributed by atoms with E-state index in [9.17, 15) is 56.7 Å². The third kappa shape index (κ3) is 7.11. The minimum absolute atomic E-state index is 0.181. The van der Waals surface area contributed by atoms with Gasteiger partial charge in [0.25, 0.3) is 0 Å². The van der Waals surface area contributed by atoms with E-state index < -0.39 is 114 Å². The molecule has 2 saturated heterocycles. The first-order valence-electron chi connectivity index (χ1n) is 15.2. The first-order valence-corrected chi connectivity index (χ1v) is 16.2. The SMILES string of the molecule is CC(=O)O[C@H]1C(S[C@@H]2OC(CO)[C@H](O)C(n3cc(-c4cc(F)c(F)c(F)c4)nn3)C2O)O[C@H](CO)C(O)C1n1cc(-c2cc(F)c(F)c(F)c2)nn1. The topological polar surface area (TPSA) is 207 Å². The molecule has 10 atom stereocenters. The van der Waals surface area contributed by atoms with Gasteiger partial charge < -0.3 is 39.7 Å². The lowest BCUT2D eigenvalue weighted by Gasteiger charge is -2.46. The van der Waals surface area contributed by atoms with Gasteiger partial charge in [0.05, 0.1) is 25.6 Å². The number of ether oxygens (including phenoxy) is 3. The predicted octanol–water partition coefficient (Wildman–Crippen LogP) is 1.00. The molecular formula is C30H28F6N6O9S. The van der Waals surface area contributed by atoms with Crippen LogP contribution in [0, 0.1) is 34.9 Å². The normalized spacial score (nSPS) is 29.3. The summed E-state index contributed by atoms with van der Waals surface area (Å²) >= 11 is 0.635. The van der Waals surface area contributed by atoms with Gasteiger partial charge in [-0.15, -0.1) is 10.2 Å². The molecule has 2 fully saturated rings. The molecule has 280 valence electrons. The van der Waals surface area contributed by atoms with Gasteiger partial charge in [-0.2, -0.15) is 0 Å². The summed E-state index contributed by atoms with van der Waals surface area (Å²) in [6.07, 6.45) is -7.22. The number of hydrogen-bond donors (Lipinski definition) is 5. The molecular weight excluding hydrogens is 734 g/mol. The molecule has 2 aromatic heterocycles. The molecule has 2 aliphatic heterocycles. The highest BCUT2D eigenvalue weighted by molar-refractivity contribution is 8.00. The molecule has 0 spiro atoms. The Bertz CT molecular complexity index is 1900. The van der Waals surface area contributed by atoms with E-state index in [0.29, 0.717) is 36.0 Å². The Morgan fingerprint density at radius 3 is 1.60 bits per heavy atom. The van der Waals surface area contributed by atoms with Gasteiger partial charge in [-0.05, 0) is 24.3 Å². The Morgan fingerprint density at radius 2 is 1.15 bits per heavy atom. The number of benzene rings is 2. The molecule has 15 nitrogen and oxygen atoms in total. The van der Waals surface area contributed by atoms with Gasteiger partial charge in [-0.25, -0.2) is 35.7 Å². The van der Waals surface area contributed by atoms with Crippen molar-refractivity contribution in [2.45, 2.75) is 66.5 Å². The molecule has 6 unspecified atom stereocenters. The van der Waals surface area contributed by atoms with Crippen molar-refractivity contribution in [2.24, 2.45) is 0 Å². The summed E-state index contributed by atoms with van der Waals surface area (Å²) in [6.45, 7) is -0.580. The number of rotatable bonds is 9. The number of aromatic nitrogens is 6. The van der Waals surface area contributed by atoms with Crippen LogP contribution in [-0.2, 0) is 19.0 Å². The highest BCUT2D eigenvalue weighted by atomic mass is 32.2. The van der Waals surface area contributed by atoms with Crippen LogP contribution in [0.5, 0.6) is 0 Å². The zero-order valence-corrected chi connectivity index (χ0v) is 27.2. The van der Waals surface area contributed by atoms with Crippen molar-refractivity contribution in [1.29, 1.82) is 0 Å². The first-order chi connectivity index (χ1) is 24.7. The van der Waals surface area contributed by atoms with Crippen LogP contribution in [-0.4, -0.2) is 122 Å². The van der Waals surface area contributed by atoms with E-state index in [4.69, 9.17) is 14.2 Å². The zero-order chi connectivity index (χ0) is 37.6. The first kappa shape index (κ1) is 37.6. The maximum absolute atomic E-state index is 14.0. The summed E-state index contributed by atoms with van der Waals surface area (Å²) in [4.78, 5) is 12.3. The lowest BCUT2D eigenvalue weighted by Crippen LogP contribution is -2.59. The summed E-state index contributed by atoms with van der Waals surface area (Å²) in [5.41, 5.74) is -3.71. The fraction of sp³-hybridized carbons (Fsp3) is 0.433. The number of carbonyl (C=O) groups excluding carboxylic acids is 1. The Hall–Kier alpha value is -4.16. The molecule has 0 radical (unpaired) electrons. The third-order valence-electron chi connectivity index (χ3n) is 8.43. The average molecular weight is 763 g/mol. The number of hydrogen-bond acceptors (Lipinski definition) is 14. The minimum Gasteiger partial charge on any atom is -0.456 e. The maximum atomic E-state index is 14.0.